The van der Waals surface area contributed by atoms with Crippen molar-refractivity contribution in [3.8, 4) is 5.75 Å². The summed E-state index contributed by atoms with van der Waals surface area (Å²) in [4.78, 5) is 8.42. The van der Waals surface area contributed by atoms with Gasteiger partial charge in [0.1, 0.15) is 23.7 Å². The second kappa shape index (κ2) is 8.09. The van der Waals surface area contributed by atoms with Gasteiger partial charge in [0, 0.05) is 19.2 Å². The van der Waals surface area contributed by atoms with Gasteiger partial charge in [-0.15, -0.1) is 0 Å². The molecule has 0 aliphatic carbocycles. The average Bonchev–Trinajstić information content (AvgIpc) is 2.54. The number of hydrogen-bond donors (Lipinski definition) is 2. The molecule has 0 aliphatic heterocycles. The van der Waals surface area contributed by atoms with E-state index in [1.165, 1.54) is 5.56 Å². The Kier molecular flexibility index (Phi) is 5.82. The van der Waals surface area contributed by atoms with Gasteiger partial charge in [0.15, 0.2) is 0 Å². The highest BCUT2D eigenvalue weighted by Crippen LogP contribution is 2.18. The molecule has 2 N–H and O–H groups in total. The molecule has 1 heterocycles. The summed E-state index contributed by atoms with van der Waals surface area (Å²) >= 11 is 0. The standard InChI is InChI=1S/C16H22N4O/c1-3-9-17-15-11-16(20-12-19-15)18-10-8-13-6-4-5-7-14(13)21-2/h4-7,11-12H,3,8-10H2,1-2H3,(H2,17,18,19,20). The Labute approximate surface area is 125 Å². The van der Waals surface area contributed by atoms with E-state index < -0.39 is 0 Å². The number of ether oxygens (including phenoxy) is 1. The first-order valence-electron chi connectivity index (χ1n) is 7.25. The molecule has 0 saturated carbocycles. The van der Waals surface area contributed by atoms with Gasteiger partial charge in [-0.3, -0.25) is 0 Å². The Hall–Kier alpha value is -2.30. The molecule has 5 heteroatoms. The smallest absolute Gasteiger partial charge is 0.131 e. The van der Waals surface area contributed by atoms with Crippen molar-refractivity contribution in [3.05, 3.63) is 42.2 Å². The van der Waals surface area contributed by atoms with Gasteiger partial charge in [-0.1, -0.05) is 25.1 Å². The molecule has 0 amide bonds. The van der Waals surface area contributed by atoms with Gasteiger partial charge in [-0.05, 0) is 24.5 Å². The van der Waals surface area contributed by atoms with Crippen LogP contribution in [0.4, 0.5) is 11.6 Å². The van der Waals surface area contributed by atoms with Crippen molar-refractivity contribution in [3.63, 3.8) is 0 Å². The lowest BCUT2D eigenvalue weighted by molar-refractivity contribution is 0.410. The highest BCUT2D eigenvalue weighted by Gasteiger charge is 2.02. The van der Waals surface area contributed by atoms with Gasteiger partial charge in [-0.2, -0.15) is 0 Å². The Morgan fingerprint density at radius 3 is 2.48 bits per heavy atom. The zero-order valence-corrected chi connectivity index (χ0v) is 12.6. The van der Waals surface area contributed by atoms with E-state index in [0.29, 0.717) is 0 Å². The second-order valence-electron chi connectivity index (χ2n) is 4.70. The lowest BCUT2D eigenvalue weighted by Crippen LogP contribution is -2.09. The van der Waals surface area contributed by atoms with Crippen LogP contribution in [-0.4, -0.2) is 30.2 Å². The number of methoxy groups -OCH3 is 1. The molecule has 2 rings (SSSR count). The topological polar surface area (TPSA) is 59.1 Å². The highest BCUT2D eigenvalue weighted by molar-refractivity contribution is 5.46. The number of para-hydroxylation sites is 1. The fourth-order valence-corrected chi connectivity index (χ4v) is 2.04. The SMILES string of the molecule is CCCNc1cc(NCCc2ccccc2OC)ncn1. The summed E-state index contributed by atoms with van der Waals surface area (Å²) in [5, 5.41) is 6.56. The van der Waals surface area contributed by atoms with E-state index in [2.05, 4.69) is 33.6 Å². The number of anilines is 2. The van der Waals surface area contributed by atoms with Crippen LogP contribution in [0.3, 0.4) is 0 Å². The molecule has 1 aromatic heterocycles. The molecule has 0 radical (unpaired) electrons. The summed E-state index contributed by atoms with van der Waals surface area (Å²) in [5.74, 6) is 2.61. The zero-order valence-electron chi connectivity index (χ0n) is 12.6. The van der Waals surface area contributed by atoms with Gasteiger partial charge in [0.05, 0.1) is 7.11 Å². The van der Waals surface area contributed by atoms with Crippen LogP contribution < -0.4 is 15.4 Å². The summed E-state index contributed by atoms with van der Waals surface area (Å²) < 4.78 is 5.35. The summed E-state index contributed by atoms with van der Waals surface area (Å²) in [6, 6.07) is 9.99. The van der Waals surface area contributed by atoms with E-state index in [0.717, 1.165) is 43.3 Å². The average molecular weight is 286 g/mol. The first-order chi connectivity index (χ1) is 10.3. The molecule has 2 aromatic rings. The first kappa shape index (κ1) is 15.1. The Morgan fingerprint density at radius 2 is 1.76 bits per heavy atom. The zero-order chi connectivity index (χ0) is 14.9. The molecule has 5 nitrogen and oxygen atoms in total. The molecular weight excluding hydrogens is 264 g/mol. The summed E-state index contributed by atoms with van der Waals surface area (Å²) in [5.41, 5.74) is 1.19. The predicted octanol–water partition coefficient (Wildman–Crippen LogP) is 2.96. The van der Waals surface area contributed by atoms with Crippen LogP contribution in [0.25, 0.3) is 0 Å². The number of hydrogen-bond acceptors (Lipinski definition) is 5. The Morgan fingerprint density at radius 1 is 1.05 bits per heavy atom. The van der Waals surface area contributed by atoms with Crippen LogP contribution in [0, 0.1) is 0 Å². The van der Waals surface area contributed by atoms with Crippen LogP contribution in [0.5, 0.6) is 5.75 Å². The second-order valence-corrected chi connectivity index (χ2v) is 4.70. The third kappa shape index (κ3) is 4.63. The minimum absolute atomic E-state index is 0.796. The molecule has 0 bridgehead atoms. The molecule has 0 unspecified atom stereocenters. The van der Waals surface area contributed by atoms with Crippen molar-refractivity contribution in [1.29, 1.82) is 0 Å². The van der Waals surface area contributed by atoms with E-state index in [1.807, 2.05) is 24.3 Å². The van der Waals surface area contributed by atoms with Crippen molar-refractivity contribution >= 4 is 11.6 Å². The Bertz CT molecular complexity index is 559. The number of aromatic nitrogens is 2. The van der Waals surface area contributed by atoms with Crippen molar-refractivity contribution < 1.29 is 4.74 Å². The Balaban J connectivity index is 1.88. The lowest BCUT2D eigenvalue weighted by atomic mass is 10.1. The molecule has 0 spiro atoms. The minimum Gasteiger partial charge on any atom is -0.496 e. The van der Waals surface area contributed by atoms with Gasteiger partial charge in [-0.25, -0.2) is 9.97 Å². The van der Waals surface area contributed by atoms with Crippen LogP contribution in [0.15, 0.2) is 36.7 Å². The molecule has 112 valence electrons. The molecule has 0 atom stereocenters. The van der Waals surface area contributed by atoms with Crippen LogP contribution in [0.1, 0.15) is 18.9 Å². The number of rotatable bonds is 8. The third-order valence-corrected chi connectivity index (χ3v) is 3.12. The highest BCUT2D eigenvalue weighted by atomic mass is 16.5. The summed E-state index contributed by atoms with van der Waals surface area (Å²) in [6.07, 6.45) is 3.52. The van der Waals surface area contributed by atoms with E-state index in [4.69, 9.17) is 4.74 Å². The molecule has 0 aliphatic rings. The quantitative estimate of drug-likeness (QED) is 0.781. The van der Waals surface area contributed by atoms with E-state index in [-0.39, 0.29) is 0 Å². The number of nitrogens with one attached hydrogen (secondary N) is 2. The fraction of sp³-hybridized carbons (Fsp3) is 0.375. The molecule has 0 saturated heterocycles. The maximum absolute atomic E-state index is 5.35. The minimum atomic E-state index is 0.796. The summed E-state index contributed by atoms with van der Waals surface area (Å²) in [6.45, 7) is 3.84. The molecule has 0 fully saturated rings. The fourth-order valence-electron chi connectivity index (χ4n) is 2.04. The van der Waals surface area contributed by atoms with E-state index >= 15 is 0 Å². The maximum Gasteiger partial charge on any atom is 0.131 e. The van der Waals surface area contributed by atoms with Crippen molar-refractivity contribution in [2.45, 2.75) is 19.8 Å². The van der Waals surface area contributed by atoms with Crippen LogP contribution in [0.2, 0.25) is 0 Å². The van der Waals surface area contributed by atoms with Crippen molar-refractivity contribution in [1.82, 2.24) is 9.97 Å². The van der Waals surface area contributed by atoms with E-state index in [1.54, 1.807) is 13.4 Å². The van der Waals surface area contributed by atoms with Gasteiger partial charge >= 0.3 is 0 Å². The monoisotopic (exact) mass is 286 g/mol. The summed E-state index contributed by atoms with van der Waals surface area (Å²) in [7, 11) is 1.70. The maximum atomic E-state index is 5.35. The van der Waals surface area contributed by atoms with Crippen molar-refractivity contribution in [2.24, 2.45) is 0 Å². The third-order valence-electron chi connectivity index (χ3n) is 3.12. The van der Waals surface area contributed by atoms with Gasteiger partial charge < -0.3 is 15.4 Å². The van der Waals surface area contributed by atoms with Gasteiger partial charge in [0.25, 0.3) is 0 Å². The van der Waals surface area contributed by atoms with E-state index in [9.17, 15) is 0 Å². The largest absolute Gasteiger partial charge is 0.496 e. The van der Waals surface area contributed by atoms with Crippen molar-refractivity contribution in [2.75, 3.05) is 30.8 Å². The first-order valence-corrected chi connectivity index (χ1v) is 7.25. The van der Waals surface area contributed by atoms with Crippen LogP contribution >= 0.6 is 0 Å². The normalized spacial score (nSPS) is 10.2. The number of nitrogens with zero attached hydrogens (tertiary/aromatic N) is 2. The lowest BCUT2D eigenvalue weighted by Gasteiger charge is -2.10. The predicted molar refractivity (Wildman–Crippen MR) is 86.0 cm³/mol. The molecule has 21 heavy (non-hydrogen) atoms. The van der Waals surface area contributed by atoms with Crippen LogP contribution in [-0.2, 0) is 6.42 Å². The molecule has 1 aromatic carbocycles. The number of benzene rings is 1. The molecular formula is C16H22N4O. The van der Waals surface area contributed by atoms with Gasteiger partial charge in [0.2, 0.25) is 0 Å².